The first-order valence-electron chi connectivity index (χ1n) is 10.1. The monoisotopic (exact) mass is 516 g/mol. The van der Waals surface area contributed by atoms with E-state index < -0.39 is 22.0 Å². The standard InChI is InChI=1S/C24H25BrN2O4S/c1-17(21-10-6-7-11-23(21)31-2)26-24(28)22(16-18-8-4-3-5-9-18)27-32(29,30)20-14-12-19(25)13-15-20/h3-15,17,22,27H,16H2,1-2H3,(H,26,28)/t17-,22-/m1/s1. The number of rotatable bonds is 9. The Morgan fingerprint density at radius 3 is 2.25 bits per heavy atom. The van der Waals surface area contributed by atoms with Crippen LogP contribution in [-0.2, 0) is 21.2 Å². The van der Waals surface area contributed by atoms with E-state index in [0.29, 0.717) is 5.75 Å². The summed E-state index contributed by atoms with van der Waals surface area (Å²) in [6.07, 6.45) is 0.209. The summed E-state index contributed by atoms with van der Waals surface area (Å²) in [6.45, 7) is 1.83. The number of amides is 1. The first kappa shape index (κ1) is 24.0. The molecule has 2 N–H and O–H groups in total. The molecule has 3 rings (SSSR count). The van der Waals surface area contributed by atoms with E-state index in [1.165, 1.54) is 12.1 Å². The van der Waals surface area contributed by atoms with Gasteiger partial charge in [0.1, 0.15) is 11.8 Å². The van der Waals surface area contributed by atoms with Crippen LogP contribution in [0.25, 0.3) is 0 Å². The maximum absolute atomic E-state index is 13.2. The van der Waals surface area contributed by atoms with E-state index in [0.717, 1.165) is 15.6 Å². The summed E-state index contributed by atoms with van der Waals surface area (Å²) in [7, 11) is -2.34. The fraction of sp³-hybridized carbons (Fsp3) is 0.208. The number of nitrogens with one attached hydrogen (secondary N) is 2. The molecule has 6 nitrogen and oxygen atoms in total. The van der Waals surface area contributed by atoms with Crippen molar-refractivity contribution in [3.05, 3.63) is 94.5 Å². The number of benzene rings is 3. The Labute approximate surface area is 197 Å². The van der Waals surface area contributed by atoms with Crippen molar-refractivity contribution in [2.75, 3.05) is 7.11 Å². The van der Waals surface area contributed by atoms with Crippen molar-refractivity contribution in [1.29, 1.82) is 0 Å². The van der Waals surface area contributed by atoms with Crippen LogP contribution >= 0.6 is 15.9 Å². The molecule has 0 spiro atoms. The molecule has 0 radical (unpaired) electrons. The van der Waals surface area contributed by atoms with Gasteiger partial charge in [-0.1, -0.05) is 64.5 Å². The third-order valence-corrected chi connectivity index (χ3v) is 7.00. The molecule has 3 aromatic rings. The summed E-state index contributed by atoms with van der Waals surface area (Å²) in [5.74, 6) is 0.225. The average molecular weight is 517 g/mol. The topological polar surface area (TPSA) is 84.5 Å². The zero-order valence-electron chi connectivity index (χ0n) is 17.8. The van der Waals surface area contributed by atoms with Crippen molar-refractivity contribution in [2.45, 2.75) is 30.3 Å². The summed E-state index contributed by atoms with van der Waals surface area (Å²) in [4.78, 5) is 13.3. The summed E-state index contributed by atoms with van der Waals surface area (Å²) >= 11 is 3.30. The minimum atomic E-state index is -3.91. The highest BCUT2D eigenvalue weighted by atomic mass is 79.9. The van der Waals surface area contributed by atoms with E-state index in [4.69, 9.17) is 4.74 Å². The molecular formula is C24H25BrN2O4S. The summed E-state index contributed by atoms with van der Waals surface area (Å²) < 4.78 is 34.7. The second kappa shape index (κ2) is 10.8. The van der Waals surface area contributed by atoms with Crippen LogP contribution in [-0.4, -0.2) is 27.5 Å². The second-order valence-electron chi connectivity index (χ2n) is 7.29. The van der Waals surface area contributed by atoms with Gasteiger partial charge in [-0.15, -0.1) is 0 Å². The molecule has 8 heteroatoms. The summed E-state index contributed by atoms with van der Waals surface area (Å²) in [5.41, 5.74) is 1.65. The van der Waals surface area contributed by atoms with Gasteiger partial charge in [0.25, 0.3) is 0 Å². The Morgan fingerprint density at radius 2 is 1.59 bits per heavy atom. The van der Waals surface area contributed by atoms with E-state index in [9.17, 15) is 13.2 Å². The minimum Gasteiger partial charge on any atom is -0.496 e. The van der Waals surface area contributed by atoms with Crippen LogP contribution in [0.2, 0.25) is 0 Å². The molecule has 1 amide bonds. The zero-order chi connectivity index (χ0) is 23.1. The van der Waals surface area contributed by atoms with Gasteiger partial charge in [0.05, 0.1) is 18.0 Å². The van der Waals surface area contributed by atoms with Gasteiger partial charge < -0.3 is 10.1 Å². The number of hydrogen-bond donors (Lipinski definition) is 2. The van der Waals surface area contributed by atoms with Gasteiger partial charge in [-0.05, 0) is 49.2 Å². The Bertz CT molecular complexity index is 1150. The van der Waals surface area contributed by atoms with E-state index in [1.807, 2.05) is 61.5 Å². The quantitative estimate of drug-likeness (QED) is 0.445. The van der Waals surface area contributed by atoms with Crippen LogP contribution in [0.5, 0.6) is 5.75 Å². The molecule has 0 aliphatic rings. The van der Waals surface area contributed by atoms with Gasteiger partial charge in [-0.3, -0.25) is 4.79 Å². The minimum absolute atomic E-state index is 0.0874. The van der Waals surface area contributed by atoms with Crippen LogP contribution in [0.15, 0.2) is 88.2 Å². The lowest BCUT2D eigenvalue weighted by atomic mass is 10.0. The third kappa shape index (κ3) is 6.18. The lowest BCUT2D eigenvalue weighted by molar-refractivity contribution is -0.123. The first-order valence-corrected chi connectivity index (χ1v) is 12.3. The first-order chi connectivity index (χ1) is 15.3. The molecule has 168 valence electrons. The normalized spacial score (nSPS) is 13.2. The van der Waals surface area contributed by atoms with Gasteiger partial charge >= 0.3 is 0 Å². The number of hydrogen-bond acceptors (Lipinski definition) is 4. The van der Waals surface area contributed by atoms with Crippen molar-refractivity contribution in [2.24, 2.45) is 0 Å². The average Bonchev–Trinajstić information content (AvgIpc) is 2.79. The summed E-state index contributed by atoms with van der Waals surface area (Å²) in [6, 6.07) is 21.6. The SMILES string of the molecule is COc1ccccc1[C@@H](C)NC(=O)[C@@H](Cc1ccccc1)NS(=O)(=O)c1ccc(Br)cc1. The smallest absolute Gasteiger partial charge is 0.241 e. The maximum Gasteiger partial charge on any atom is 0.241 e. The second-order valence-corrected chi connectivity index (χ2v) is 9.92. The van der Waals surface area contributed by atoms with E-state index in [1.54, 1.807) is 19.2 Å². The Balaban J connectivity index is 1.85. The highest BCUT2D eigenvalue weighted by Crippen LogP contribution is 2.24. The third-order valence-electron chi connectivity index (χ3n) is 4.98. The Morgan fingerprint density at radius 1 is 0.969 bits per heavy atom. The number of ether oxygens (including phenoxy) is 1. The van der Waals surface area contributed by atoms with Gasteiger partial charge in [-0.2, -0.15) is 4.72 Å². The van der Waals surface area contributed by atoms with Gasteiger partial charge in [0, 0.05) is 10.0 Å². The molecule has 2 atom stereocenters. The molecule has 0 bridgehead atoms. The van der Waals surface area contributed by atoms with E-state index >= 15 is 0 Å². The number of methoxy groups -OCH3 is 1. The highest BCUT2D eigenvalue weighted by Gasteiger charge is 2.27. The van der Waals surface area contributed by atoms with Crippen LogP contribution in [0.3, 0.4) is 0 Å². The van der Waals surface area contributed by atoms with Crippen molar-refractivity contribution >= 4 is 31.9 Å². The largest absolute Gasteiger partial charge is 0.496 e. The predicted molar refractivity (Wildman–Crippen MR) is 128 cm³/mol. The number of halogens is 1. The van der Waals surface area contributed by atoms with Crippen LogP contribution in [0, 0.1) is 0 Å². The lowest BCUT2D eigenvalue weighted by Gasteiger charge is -2.23. The Hall–Kier alpha value is -2.68. The van der Waals surface area contributed by atoms with Crippen LogP contribution < -0.4 is 14.8 Å². The van der Waals surface area contributed by atoms with Gasteiger partial charge in [0.15, 0.2) is 0 Å². The van der Waals surface area contributed by atoms with Crippen LogP contribution in [0.4, 0.5) is 0 Å². The molecule has 0 saturated carbocycles. The fourth-order valence-corrected chi connectivity index (χ4v) is 4.78. The van der Waals surface area contributed by atoms with Crippen molar-refractivity contribution in [3.63, 3.8) is 0 Å². The van der Waals surface area contributed by atoms with Crippen molar-refractivity contribution in [3.8, 4) is 5.75 Å². The lowest BCUT2D eigenvalue weighted by Crippen LogP contribution is -2.48. The zero-order valence-corrected chi connectivity index (χ0v) is 20.2. The van der Waals surface area contributed by atoms with Gasteiger partial charge in [-0.25, -0.2) is 8.42 Å². The predicted octanol–water partition coefficient (Wildman–Crippen LogP) is 4.22. The molecule has 3 aromatic carbocycles. The number of sulfonamides is 1. The highest BCUT2D eigenvalue weighted by molar-refractivity contribution is 9.10. The summed E-state index contributed by atoms with van der Waals surface area (Å²) in [5, 5.41) is 2.92. The van der Waals surface area contributed by atoms with Crippen molar-refractivity contribution < 1.29 is 17.9 Å². The molecule has 0 saturated heterocycles. The maximum atomic E-state index is 13.2. The van der Waals surface area contributed by atoms with Crippen molar-refractivity contribution in [1.82, 2.24) is 10.0 Å². The number of carbonyl (C=O) groups excluding carboxylic acids is 1. The molecule has 32 heavy (non-hydrogen) atoms. The number of para-hydroxylation sites is 1. The fourth-order valence-electron chi connectivity index (χ4n) is 3.32. The van der Waals surface area contributed by atoms with E-state index in [2.05, 4.69) is 26.0 Å². The molecule has 0 heterocycles. The van der Waals surface area contributed by atoms with E-state index in [-0.39, 0.29) is 17.4 Å². The molecule has 0 aliphatic carbocycles. The Kier molecular flexibility index (Phi) is 8.06. The molecular weight excluding hydrogens is 492 g/mol. The van der Waals surface area contributed by atoms with Crippen LogP contribution in [0.1, 0.15) is 24.1 Å². The molecule has 0 aromatic heterocycles. The molecule has 0 aliphatic heterocycles. The van der Waals surface area contributed by atoms with Gasteiger partial charge in [0.2, 0.25) is 15.9 Å². The number of carbonyl (C=O) groups is 1. The molecule has 0 fully saturated rings. The molecule has 0 unspecified atom stereocenters.